The Labute approximate surface area is 109 Å². The summed E-state index contributed by atoms with van der Waals surface area (Å²) in [5.74, 6) is -1.08. The van der Waals surface area contributed by atoms with E-state index in [2.05, 4.69) is 15.9 Å². The van der Waals surface area contributed by atoms with Gasteiger partial charge in [0, 0.05) is 22.1 Å². The lowest BCUT2D eigenvalue weighted by atomic mass is 9.92. The second-order valence-corrected chi connectivity index (χ2v) is 4.73. The molecular formula is C12H16BrNO3. The number of methoxy groups -OCH3 is 1. The van der Waals surface area contributed by atoms with Gasteiger partial charge < -0.3 is 15.6 Å². The number of nitrogens with two attached hydrogens (primary N) is 1. The van der Waals surface area contributed by atoms with Crippen LogP contribution in [0.25, 0.3) is 0 Å². The highest BCUT2D eigenvalue weighted by molar-refractivity contribution is 9.10. The van der Waals surface area contributed by atoms with Gasteiger partial charge in [0.15, 0.2) is 0 Å². The molecule has 0 aliphatic heterocycles. The highest BCUT2D eigenvalue weighted by atomic mass is 79.9. The van der Waals surface area contributed by atoms with Crippen molar-refractivity contribution in [3.8, 4) is 5.75 Å². The number of ether oxygens (including phenoxy) is 1. The molecule has 0 aromatic heterocycles. The number of carboxylic acids is 1. The summed E-state index contributed by atoms with van der Waals surface area (Å²) in [6.45, 7) is 3.78. The summed E-state index contributed by atoms with van der Waals surface area (Å²) in [4.78, 5) is 11.2. The summed E-state index contributed by atoms with van der Waals surface area (Å²) >= 11 is 3.42. The molecule has 0 heterocycles. The largest absolute Gasteiger partial charge is 0.496 e. The fourth-order valence-electron chi connectivity index (χ4n) is 1.90. The van der Waals surface area contributed by atoms with E-state index < -0.39 is 11.9 Å². The lowest BCUT2D eigenvalue weighted by Gasteiger charge is -2.20. The number of rotatable bonds is 4. The molecule has 0 saturated heterocycles. The van der Waals surface area contributed by atoms with Crippen LogP contribution in [0.15, 0.2) is 10.5 Å². The first-order valence-corrected chi connectivity index (χ1v) is 5.99. The lowest BCUT2D eigenvalue weighted by molar-refractivity contribution is -0.138. The first-order valence-electron chi connectivity index (χ1n) is 5.20. The van der Waals surface area contributed by atoms with E-state index in [4.69, 9.17) is 10.5 Å². The average molecular weight is 302 g/mol. The highest BCUT2D eigenvalue weighted by Gasteiger charge is 2.25. The molecule has 17 heavy (non-hydrogen) atoms. The topological polar surface area (TPSA) is 72.5 Å². The van der Waals surface area contributed by atoms with Gasteiger partial charge in [0.1, 0.15) is 5.75 Å². The molecule has 0 aliphatic rings. The Kier molecular flexibility index (Phi) is 4.54. The number of carboxylic acid groups (broad SMARTS) is 1. The maximum atomic E-state index is 11.2. The zero-order chi connectivity index (χ0) is 13.2. The monoisotopic (exact) mass is 301 g/mol. The summed E-state index contributed by atoms with van der Waals surface area (Å²) in [5, 5.41) is 9.18. The molecule has 1 unspecified atom stereocenters. The van der Waals surface area contributed by atoms with Crippen LogP contribution in [-0.2, 0) is 4.79 Å². The van der Waals surface area contributed by atoms with Crippen LogP contribution < -0.4 is 10.5 Å². The molecule has 3 N–H and O–H groups in total. The standard InChI is InChI=1S/C12H16BrNO3/c1-6-4-9(13)7(2)11(17-3)10(6)8(5-14)12(15)16/h4,8H,5,14H2,1-3H3,(H,15,16). The van der Waals surface area contributed by atoms with E-state index in [0.717, 1.165) is 15.6 Å². The predicted molar refractivity (Wildman–Crippen MR) is 69.6 cm³/mol. The van der Waals surface area contributed by atoms with Crippen LogP contribution in [-0.4, -0.2) is 24.7 Å². The number of halogens is 1. The molecule has 0 saturated carbocycles. The number of hydrogen-bond acceptors (Lipinski definition) is 3. The van der Waals surface area contributed by atoms with Crippen molar-refractivity contribution in [1.82, 2.24) is 0 Å². The van der Waals surface area contributed by atoms with Crippen molar-refractivity contribution in [2.75, 3.05) is 13.7 Å². The van der Waals surface area contributed by atoms with Gasteiger partial charge in [0.2, 0.25) is 0 Å². The van der Waals surface area contributed by atoms with Gasteiger partial charge in [-0.2, -0.15) is 0 Å². The van der Waals surface area contributed by atoms with Gasteiger partial charge in [-0.25, -0.2) is 0 Å². The Morgan fingerprint density at radius 1 is 1.59 bits per heavy atom. The zero-order valence-electron chi connectivity index (χ0n) is 10.1. The Morgan fingerprint density at radius 2 is 2.18 bits per heavy atom. The van der Waals surface area contributed by atoms with Crippen LogP contribution in [0.5, 0.6) is 5.75 Å². The summed E-state index contributed by atoms with van der Waals surface area (Å²) in [6.07, 6.45) is 0. The molecular weight excluding hydrogens is 286 g/mol. The Hall–Kier alpha value is -1.07. The van der Waals surface area contributed by atoms with E-state index in [1.165, 1.54) is 7.11 Å². The van der Waals surface area contributed by atoms with Crippen LogP contribution in [0.1, 0.15) is 22.6 Å². The van der Waals surface area contributed by atoms with Crippen LogP contribution in [0.2, 0.25) is 0 Å². The third kappa shape index (κ3) is 2.61. The summed E-state index contributed by atoms with van der Waals surface area (Å²) in [5.41, 5.74) is 7.93. The molecule has 1 atom stereocenters. The fourth-order valence-corrected chi connectivity index (χ4v) is 2.43. The van der Waals surface area contributed by atoms with Crippen LogP contribution in [0, 0.1) is 13.8 Å². The summed E-state index contributed by atoms with van der Waals surface area (Å²) in [6, 6.07) is 1.89. The fraction of sp³-hybridized carbons (Fsp3) is 0.417. The zero-order valence-corrected chi connectivity index (χ0v) is 11.7. The van der Waals surface area contributed by atoms with Crippen LogP contribution in [0.4, 0.5) is 0 Å². The van der Waals surface area contributed by atoms with Crippen molar-refractivity contribution >= 4 is 21.9 Å². The molecule has 5 heteroatoms. The van der Waals surface area contributed by atoms with E-state index in [9.17, 15) is 9.90 Å². The van der Waals surface area contributed by atoms with Gasteiger partial charge in [0.25, 0.3) is 0 Å². The van der Waals surface area contributed by atoms with E-state index >= 15 is 0 Å². The summed E-state index contributed by atoms with van der Waals surface area (Å²) in [7, 11) is 1.53. The Bertz CT molecular complexity index is 446. The molecule has 0 amide bonds. The maximum absolute atomic E-state index is 11.2. The van der Waals surface area contributed by atoms with Crippen molar-refractivity contribution in [3.63, 3.8) is 0 Å². The quantitative estimate of drug-likeness (QED) is 0.894. The van der Waals surface area contributed by atoms with Crippen molar-refractivity contribution < 1.29 is 14.6 Å². The molecule has 0 aliphatic carbocycles. The first-order chi connectivity index (χ1) is 7.93. The minimum atomic E-state index is -0.935. The van der Waals surface area contributed by atoms with E-state index in [1.54, 1.807) is 0 Å². The van der Waals surface area contributed by atoms with Gasteiger partial charge in [-0.15, -0.1) is 0 Å². The third-order valence-electron chi connectivity index (χ3n) is 2.80. The number of carbonyl (C=O) groups is 1. The van der Waals surface area contributed by atoms with Gasteiger partial charge in [-0.1, -0.05) is 15.9 Å². The van der Waals surface area contributed by atoms with Crippen molar-refractivity contribution in [2.45, 2.75) is 19.8 Å². The molecule has 0 fully saturated rings. The second-order valence-electron chi connectivity index (χ2n) is 3.87. The van der Waals surface area contributed by atoms with Gasteiger partial charge in [0.05, 0.1) is 13.0 Å². The van der Waals surface area contributed by atoms with E-state index in [0.29, 0.717) is 11.3 Å². The maximum Gasteiger partial charge on any atom is 0.312 e. The number of benzene rings is 1. The van der Waals surface area contributed by atoms with Crippen LogP contribution in [0.3, 0.4) is 0 Å². The third-order valence-corrected chi connectivity index (χ3v) is 3.62. The van der Waals surface area contributed by atoms with Gasteiger partial charge >= 0.3 is 5.97 Å². The Balaban J connectivity index is 3.50. The molecule has 4 nitrogen and oxygen atoms in total. The Morgan fingerprint density at radius 3 is 2.59 bits per heavy atom. The number of aliphatic carboxylic acids is 1. The molecule has 0 bridgehead atoms. The van der Waals surface area contributed by atoms with Crippen molar-refractivity contribution in [2.24, 2.45) is 5.73 Å². The van der Waals surface area contributed by atoms with Crippen molar-refractivity contribution in [3.05, 3.63) is 27.2 Å². The predicted octanol–water partition coefficient (Wildman–Crippen LogP) is 2.20. The molecule has 94 valence electrons. The number of hydrogen-bond donors (Lipinski definition) is 2. The molecule has 1 rings (SSSR count). The normalized spacial score (nSPS) is 12.3. The highest BCUT2D eigenvalue weighted by Crippen LogP contribution is 2.37. The average Bonchev–Trinajstić information content (AvgIpc) is 2.26. The minimum absolute atomic E-state index is 0.0492. The van der Waals surface area contributed by atoms with Gasteiger partial charge in [-0.3, -0.25) is 4.79 Å². The van der Waals surface area contributed by atoms with Crippen molar-refractivity contribution in [1.29, 1.82) is 0 Å². The number of aryl methyl sites for hydroxylation is 1. The molecule has 0 spiro atoms. The summed E-state index contributed by atoms with van der Waals surface area (Å²) < 4.78 is 6.22. The minimum Gasteiger partial charge on any atom is -0.496 e. The van der Waals surface area contributed by atoms with Crippen LogP contribution >= 0.6 is 15.9 Å². The molecule has 1 aromatic rings. The SMILES string of the molecule is COc1c(C)c(Br)cc(C)c1C(CN)C(=O)O. The smallest absolute Gasteiger partial charge is 0.312 e. The molecule has 0 radical (unpaired) electrons. The van der Waals surface area contributed by atoms with E-state index in [1.807, 2.05) is 19.9 Å². The van der Waals surface area contributed by atoms with E-state index in [-0.39, 0.29) is 6.54 Å². The van der Waals surface area contributed by atoms with Gasteiger partial charge in [-0.05, 0) is 25.5 Å². The molecule has 1 aromatic carbocycles. The second kappa shape index (κ2) is 5.51. The lowest BCUT2D eigenvalue weighted by Crippen LogP contribution is -2.23. The first kappa shape index (κ1) is 14.0.